The summed E-state index contributed by atoms with van der Waals surface area (Å²) in [6.07, 6.45) is 1.50. The van der Waals surface area contributed by atoms with Crippen LogP contribution in [0.5, 0.6) is 0 Å². The summed E-state index contributed by atoms with van der Waals surface area (Å²) in [6.45, 7) is 5.08. The highest BCUT2D eigenvalue weighted by Gasteiger charge is 1.85. The molecule has 9 heavy (non-hydrogen) atoms. The monoisotopic (exact) mass is 125 g/mol. The number of hydrogen-bond donors (Lipinski definition) is 0. The fourth-order valence-electron chi connectivity index (χ4n) is 0.415. The third-order valence-electron chi connectivity index (χ3n) is 0.845. The van der Waals surface area contributed by atoms with Gasteiger partial charge in [-0.2, -0.15) is 5.26 Å². The second-order valence-corrected chi connectivity index (χ2v) is 1.76. The summed E-state index contributed by atoms with van der Waals surface area (Å²) in [4.78, 5) is 0. The summed E-state index contributed by atoms with van der Waals surface area (Å²) in [5.74, 6) is 0. The molecule has 0 bridgehead atoms. The third-order valence-corrected chi connectivity index (χ3v) is 0.845. The molecule has 0 saturated carbocycles. The molecule has 0 atom stereocenters. The van der Waals surface area contributed by atoms with E-state index in [1.807, 2.05) is 19.9 Å². The fourth-order valence-corrected chi connectivity index (χ4v) is 0.415. The number of ether oxygens (including phenoxy) is 1. The topological polar surface area (TPSA) is 33.0 Å². The minimum atomic E-state index is 0.573. The molecule has 0 rings (SSSR count). The number of nitrogens with zero attached hydrogens (tertiary/aromatic N) is 1. The number of allylic oxidation sites excluding steroid dienone is 1. The van der Waals surface area contributed by atoms with Crippen LogP contribution < -0.4 is 0 Å². The van der Waals surface area contributed by atoms with E-state index in [0.29, 0.717) is 13.2 Å². The van der Waals surface area contributed by atoms with Gasteiger partial charge in [0.15, 0.2) is 0 Å². The van der Waals surface area contributed by atoms with E-state index in [9.17, 15) is 0 Å². The van der Waals surface area contributed by atoms with E-state index in [0.717, 1.165) is 5.57 Å². The molecule has 0 aliphatic rings. The molecule has 0 aromatic carbocycles. The Hall–Kier alpha value is -0.810. The third kappa shape index (κ3) is 5.05. The second-order valence-electron chi connectivity index (χ2n) is 1.76. The first-order valence-corrected chi connectivity index (χ1v) is 2.94. The molecule has 0 aromatic rings. The van der Waals surface area contributed by atoms with E-state index in [1.165, 1.54) is 6.08 Å². The summed E-state index contributed by atoms with van der Waals surface area (Å²) in [7, 11) is 0. The minimum absolute atomic E-state index is 0.573. The van der Waals surface area contributed by atoms with Gasteiger partial charge in [0.1, 0.15) is 0 Å². The Morgan fingerprint density at radius 3 is 2.89 bits per heavy atom. The van der Waals surface area contributed by atoms with Crippen LogP contribution in [0.1, 0.15) is 13.8 Å². The molecule has 0 spiro atoms. The van der Waals surface area contributed by atoms with Crippen molar-refractivity contribution in [2.75, 3.05) is 13.2 Å². The van der Waals surface area contributed by atoms with Gasteiger partial charge in [-0.25, -0.2) is 0 Å². The van der Waals surface area contributed by atoms with Gasteiger partial charge in [-0.05, 0) is 19.4 Å². The van der Waals surface area contributed by atoms with Gasteiger partial charge in [-0.1, -0.05) is 0 Å². The first-order valence-electron chi connectivity index (χ1n) is 2.94. The van der Waals surface area contributed by atoms with Crippen LogP contribution in [-0.2, 0) is 4.74 Å². The summed E-state index contributed by atoms with van der Waals surface area (Å²) >= 11 is 0. The predicted octanol–water partition coefficient (Wildman–Crippen LogP) is 1.49. The van der Waals surface area contributed by atoms with Gasteiger partial charge < -0.3 is 4.74 Å². The van der Waals surface area contributed by atoms with Crippen molar-refractivity contribution in [1.82, 2.24) is 0 Å². The summed E-state index contributed by atoms with van der Waals surface area (Å²) in [5, 5.41) is 8.15. The van der Waals surface area contributed by atoms with Crippen molar-refractivity contribution in [3.8, 4) is 6.07 Å². The molecule has 0 aliphatic heterocycles. The van der Waals surface area contributed by atoms with E-state index in [-0.39, 0.29) is 0 Å². The minimum Gasteiger partial charge on any atom is -0.377 e. The predicted molar refractivity (Wildman–Crippen MR) is 35.9 cm³/mol. The van der Waals surface area contributed by atoms with Crippen LogP contribution in [0.4, 0.5) is 0 Å². The molecule has 0 fully saturated rings. The standard InChI is InChI=1S/C7H11NO/c1-3-9-6-7(2)4-5-8/h4H,3,6H2,1-2H3/b7-4-. The molecule has 0 aromatic heterocycles. The number of rotatable bonds is 3. The lowest BCUT2D eigenvalue weighted by Crippen LogP contribution is -1.93. The Kier molecular flexibility index (Phi) is 4.85. The van der Waals surface area contributed by atoms with Crippen molar-refractivity contribution in [3.05, 3.63) is 11.6 Å². The quantitative estimate of drug-likeness (QED) is 0.535. The maximum Gasteiger partial charge on any atom is 0.0912 e. The Bertz CT molecular complexity index is 132. The zero-order valence-electron chi connectivity index (χ0n) is 5.85. The van der Waals surface area contributed by atoms with Gasteiger partial charge in [0.05, 0.1) is 12.7 Å². The van der Waals surface area contributed by atoms with Gasteiger partial charge in [0.25, 0.3) is 0 Å². The Labute approximate surface area is 55.7 Å². The molecule has 0 heterocycles. The molecule has 0 unspecified atom stereocenters. The molecule has 50 valence electrons. The summed E-state index contributed by atoms with van der Waals surface area (Å²) in [5.41, 5.74) is 0.972. The zero-order chi connectivity index (χ0) is 7.11. The molecule has 0 amide bonds. The molecule has 2 heteroatoms. The van der Waals surface area contributed by atoms with Crippen LogP contribution in [0, 0.1) is 11.3 Å². The Morgan fingerprint density at radius 2 is 2.44 bits per heavy atom. The fraction of sp³-hybridized carbons (Fsp3) is 0.571. The average molecular weight is 125 g/mol. The average Bonchev–Trinajstić information content (AvgIpc) is 1.85. The lowest BCUT2D eigenvalue weighted by Gasteiger charge is -1.96. The largest absolute Gasteiger partial charge is 0.377 e. The van der Waals surface area contributed by atoms with E-state index in [2.05, 4.69) is 0 Å². The normalized spacial score (nSPS) is 11.0. The first kappa shape index (κ1) is 8.19. The molecule has 0 saturated heterocycles. The van der Waals surface area contributed by atoms with Crippen LogP contribution in [0.25, 0.3) is 0 Å². The van der Waals surface area contributed by atoms with E-state index in [1.54, 1.807) is 0 Å². The molecule has 0 aliphatic carbocycles. The summed E-state index contributed by atoms with van der Waals surface area (Å²) in [6, 6.07) is 1.93. The maximum absolute atomic E-state index is 8.15. The van der Waals surface area contributed by atoms with Crippen molar-refractivity contribution in [2.24, 2.45) is 0 Å². The highest BCUT2D eigenvalue weighted by molar-refractivity contribution is 5.11. The van der Waals surface area contributed by atoms with Gasteiger partial charge in [-0.15, -0.1) is 0 Å². The molecule has 0 radical (unpaired) electrons. The van der Waals surface area contributed by atoms with Crippen LogP contribution >= 0.6 is 0 Å². The van der Waals surface area contributed by atoms with Crippen LogP contribution in [0.2, 0.25) is 0 Å². The van der Waals surface area contributed by atoms with E-state index < -0.39 is 0 Å². The van der Waals surface area contributed by atoms with E-state index >= 15 is 0 Å². The van der Waals surface area contributed by atoms with Crippen LogP contribution in [-0.4, -0.2) is 13.2 Å². The van der Waals surface area contributed by atoms with Crippen molar-refractivity contribution in [3.63, 3.8) is 0 Å². The lowest BCUT2D eigenvalue weighted by atomic mass is 10.3. The van der Waals surface area contributed by atoms with Gasteiger partial charge >= 0.3 is 0 Å². The zero-order valence-corrected chi connectivity index (χ0v) is 5.85. The van der Waals surface area contributed by atoms with Crippen molar-refractivity contribution < 1.29 is 4.74 Å². The van der Waals surface area contributed by atoms with Crippen molar-refractivity contribution in [1.29, 1.82) is 5.26 Å². The van der Waals surface area contributed by atoms with Crippen molar-refractivity contribution in [2.45, 2.75) is 13.8 Å². The van der Waals surface area contributed by atoms with Crippen LogP contribution in [0.3, 0.4) is 0 Å². The first-order chi connectivity index (χ1) is 4.31. The highest BCUT2D eigenvalue weighted by Crippen LogP contribution is 1.90. The lowest BCUT2D eigenvalue weighted by molar-refractivity contribution is 0.171. The number of hydrogen-bond acceptors (Lipinski definition) is 2. The van der Waals surface area contributed by atoms with Gasteiger partial charge in [-0.3, -0.25) is 0 Å². The Morgan fingerprint density at radius 1 is 1.78 bits per heavy atom. The molecular weight excluding hydrogens is 114 g/mol. The van der Waals surface area contributed by atoms with Gasteiger partial charge in [0, 0.05) is 12.7 Å². The summed E-state index contributed by atoms with van der Waals surface area (Å²) < 4.78 is 5.03. The molecular formula is C7H11NO. The van der Waals surface area contributed by atoms with Crippen LogP contribution in [0.15, 0.2) is 11.6 Å². The smallest absolute Gasteiger partial charge is 0.0912 e. The Balaban J connectivity index is 3.40. The maximum atomic E-state index is 8.15. The van der Waals surface area contributed by atoms with Gasteiger partial charge in [0.2, 0.25) is 0 Å². The molecule has 0 N–H and O–H groups in total. The SMILES string of the molecule is CCOC/C(C)=C\C#N. The molecule has 2 nitrogen and oxygen atoms in total. The second kappa shape index (κ2) is 5.33. The highest BCUT2D eigenvalue weighted by atomic mass is 16.5. The number of nitriles is 1. The van der Waals surface area contributed by atoms with E-state index in [4.69, 9.17) is 10.00 Å². The van der Waals surface area contributed by atoms with Crippen molar-refractivity contribution >= 4 is 0 Å².